The van der Waals surface area contributed by atoms with Gasteiger partial charge in [-0.1, -0.05) is 42.5 Å². The van der Waals surface area contributed by atoms with Crippen LogP contribution in [-0.4, -0.2) is 19.6 Å². The van der Waals surface area contributed by atoms with Crippen molar-refractivity contribution in [1.82, 2.24) is 14.5 Å². The second kappa shape index (κ2) is 8.47. The number of aromatic nitrogens is 3. The molecule has 8 heteroatoms. The first-order valence-corrected chi connectivity index (χ1v) is 10.5. The van der Waals surface area contributed by atoms with Gasteiger partial charge in [-0.3, -0.25) is 4.57 Å². The highest BCUT2D eigenvalue weighted by Gasteiger charge is 2.24. The normalized spacial score (nSPS) is 11.1. The minimum Gasteiger partial charge on any atom is -0.492 e. The number of rotatable bonds is 5. The molecule has 0 bridgehead atoms. The van der Waals surface area contributed by atoms with Crippen LogP contribution in [0.4, 0.5) is 14.5 Å². The van der Waals surface area contributed by atoms with E-state index in [0.29, 0.717) is 28.0 Å². The van der Waals surface area contributed by atoms with Crippen molar-refractivity contribution in [2.75, 3.05) is 5.73 Å². The van der Waals surface area contributed by atoms with Gasteiger partial charge >= 0.3 is 0 Å². The Balaban J connectivity index is 1.67. The van der Waals surface area contributed by atoms with Crippen molar-refractivity contribution in [2.45, 2.75) is 13.5 Å². The molecule has 170 valence electrons. The molecule has 0 saturated heterocycles. The van der Waals surface area contributed by atoms with Crippen LogP contribution in [0.15, 0.2) is 73.1 Å². The van der Waals surface area contributed by atoms with Crippen LogP contribution < -0.4 is 10.5 Å². The van der Waals surface area contributed by atoms with Gasteiger partial charge in [0.2, 0.25) is 5.88 Å². The molecule has 2 aromatic heterocycles. The summed E-state index contributed by atoms with van der Waals surface area (Å²) in [5.41, 5.74) is 9.58. The summed E-state index contributed by atoms with van der Waals surface area (Å²) < 4.78 is 37.5. The monoisotopic (exact) mass is 458 g/mol. The molecule has 0 aliphatic carbocycles. The molecule has 0 atom stereocenters. The maximum absolute atomic E-state index is 15.5. The summed E-state index contributed by atoms with van der Waals surface area (Å²) in [5.74, 6) is -2.04. The van der Waals surface area contributed by atoms with E-state index in [9.17, 15) is 5.11 Å². The van der Waals surface area contributed by atoms with Gasteiger partial charge < -0.3 is 15.6 Å². The van der Waals surface area contributed by atoms with Crippen LogP contribution in [0.3, 0.4) is 0 Å². The summed E-state index contributed by atoms with van der Waals surface area (Å²) in [6, 6.07) is 18.2. The van der Waals surface area contributed by atoms with E-state index in [1.807, 2.05) is 30.3 Å². The first kappa shape index (κ1) is 21.4. The minimum atomic E-state index is -0.744. The van der Waals surface area contributed by atoms with Crippen molar-refractivity contribution >= 4 is 16.7 Å². The maximum Gasteiger partial charge on any atom is 0.239 e. The van der Waals surface area contributed by atoms with E-state index in [4.69, 9.17) is 10.5 Å². The molecule has 0 aliphatic rings. The Hall–Kier alpha value is -4.46. The Morgan fingerprint density at radius 1 is 0.971 bits per heavy atom. The zero-order valence-corrected chi connectivity index (χ0v) is 18.2. The summed E-state index contributed by atoms with van der Waals surface area (Å²) in [6.07, 6.45) is 1.22. The molecule has 34 heavy (non-hydrogen) atoms. The van der Waals surface area contributed by atoms with Gasteiger partial charge in [0.25, 0.3) is 0 Å². The van der Waals surface area contributed by atoms with Crippen molar-refractivity contribution in [3.05, 3.63) is 95.8 Å². The fraction of sp³-hybridized carbons (Fsp3) is 0.0769. The number of aryl methyl sites for hydroxylation is 1. The molecule has 0 unspecified atom stereocenters. The molecule has 3 aromatic carbocycles. The van der Waals surface area contributed by atoms with Crippen molar-refractivity contribution < 1.29 is 18.6 Å². The third-order valence-corrected chi connectivity index (χ3v) is 5.62. The molecule has 0 aliphatic heterocycles. The molecule has 5 aromatic rings. The van der Waals surface area contributed by atoms with E-state index in [1.54, 1.807) is 31.2 Å². The molecule has 0 saturated carbocycles. The fourth-order valence-corrected chi connectivity index (χ4v) is 4.00. The highest BCUT2D eigenvalue weighted by atomic mass is 19.1. The molecule has 0 fully saturated rings. The third-order valence-electron chi connectivity index (χ3n) is 5.62. The molecule has 2 heterocycles. The fourth-order valence-electron chi connectivity index (χ4n) is 4.00. The number of nitrogen functional groups attached to an aromatic ring is 1. The van der Waals surface area contributed by atoms with Crippen LogP contribution in [0, 0.1) is 18.6 Å². The molecule has 0 spiro atoms. The van der Waals surface area contributed by atoms with Crippen molar-refractivity contribution in [2.24, 2.45) is 0 Å². The van der Waals surface area contributed by atoms with E-state index in [-0.39, 0.29) is 29.4 Å². The minimum absolute atomic E-state index is 0.0907. The highest BCUT2D eigenvalue weighted by Crippen LogP contribution is 2.39. The first-order chi connectivity index (χ1) is 16.4. The van der Waals surface area contributed by atoms with Crippen molar-refractivity contribution in [1.29, 1.82) is 0 Å². The number of ether oxygens (including phenoxy) is 1. The van der Waals surface area contributed by atoms with Crippen LogP contribution in [0.5, 0.6) is 11.6 Å². The standard InChI is InChI=1S/C26H20F2N4O2/c1-15-23-25(26(33)31-14-30-23)32(24(15)17-7-9-18(29)10-8-17)21-11-20(28)22(12-19(21)27)34-13-16-5-3-2-4-6-16/h2-12,14H,13,29H2,1H3,(H,30,31,33). The molecular formula is C26H20F2N4O2. The molecule has 5 rings (SSSR count). The van der Waals surface area contributed by atoms with Crippen LogP contribution in [0.1, 0.15) is 11.1 Å². The second-order valence-electron chi connectivity index (χ2n) is 7.83. The SMILES string of the molecule is Cc1c(-c2ccc(N)cc2)n(-c2cc(F)c(OCc3ccccc3)cc2F)c2c(O)ncnc12. The molecule has 0 amide bonds. The van der Waals surface area contributed by atoms with Gasteiger partial charge in [0.05, 0.1) is 16.9 Å². The Labute approximate surface area is 193 Å². The van der Waals surface area contributed by atoms with Gasteiger partial charge in [-0.2, -0.15) is 0 Å². The molecule has 6 nitrogen and oxygen atoms in total. The summed E-state index contributed by atoms with van der Waals surface area (Å²) in [6.45, 7) is 1.88. The van der Waals surface area contributed by atoms with E-state index in [2.05, 4.69) is 9.97 Å². The molecule has 3 N–H and O–H groups in total. The third kappa shape index (κ3) is 3.69. The van der Waals surface area contributed by atoms with Crippen LogP contribution in [0.25, 0.3) is 28.0 Å². The topological polar surface area (TPSA) is 86.2 Å². The van der Waals surface area contributed by atoms with Gasteiger partial charge in [-0.15, -0.1) is 0 Å². The van der Waals surface area contributed by atoms with E-state index >= 15 is 8.78 Å². The lowest BCUT2D eigenvalue weighted by Crippen LogP contribution is -2.04. The zero-order chi connectivity index (χ0) is 23.8. The Morgan fingerprint density at radius 3 is 2.44 bits per heavy atom. The number of nitrogens with two attached hydrogens (primary N) is 1. The first-order valence-electron chi connectivity index (χ1n) is 10.5. The molecule has 0 radical (unpaired) electrons. The zero-order valence-electron chi connectivity index (χ0n) is 18.2. The maximum atomic E-state index is 15.5. The van der Waals surface area contributed by atoms with Gasteiger partial charge in [-0.25, -0.2) is 18.7 Å². The average molecular weight is 458 g/mol. The number of fused-ring (bicyclic) bond motifs is 1. The summed E-state index contributed by atoms with van der Waals surface area (Å²) >= 11 is 0. The summed E-state index contributed by atoms with van der Waals surface area (Å²) in [5, 5.41) is 10.5. The van der Waals surface area contributed by atoms with Gasteiger partial charge in [0.15, 0.2) is 17.4 Å². The number of hydrogen-bond donors (Lipinski definition) is 2. The predicted octanol–water partition coefficient (Wildman–Crippen LogP) is 5.54. The van der Waals surface area contributed by atoms with E-state index in [1.165, 1.54) is 10.9 Å². The summed E-state index contributed by atoms with van der Waals surface area (Å²) in [7, 11) is 0. The van der Waals surface area contributed by atoms with Gasteiger partial charge in [-0.05, 0) is 30.2 Å². The largest absolute Gasteiger partial charge is 0.492 e. The van der Waals surface area contributed by atoms with Crippen LogP contribution >= 0.6 is 0 Å². The molecular weight excluding hydrogens is 438 g/mol. The van der Waals surface area contributed by atoms with E-state index in [0.717, 1.165) is 17.7 Å². The second-order valence-corrected chi connectivity index (χ2v) is 7.83. The average Bonchev–Trinajstić information content (AvgIpc) is 3.14. The predicted molar refractivity (Wildman–Crippen MR) is 126 cm³/mol. The van der Waals surface area contributed by atoms with Gasteiger partial charge in [0, 0.05) is 23.4 Å². The number of nitrogens with zero attached hydrogens (tertiary/aromatic N) is 3. The highest BCUT2D eigenvalue weighted by molar-refractivity contribution is 5.93. The lowest BCUT2D eigenvalue weighted by Gasteiger charge is -2.15. The van der Waals surface area contributed by atoms with Crippen LogP contribution in [-0.2, 0) is 6.61 Å². The van der Waals surface area contributed by atoms with Crippen molar-refractivity contribution in [3.63, 3.8) is 0 Å². The number of halogens is 2. The van der Waals surface area contributed by atoms with E-state index < -0.39 is 11.6 Å². The summed E-state index contributed by atoms with van der Waals surface area (Å²) in [4.78, 5) is 8.12. The Morgan fingerprint density at radius 2 is 1.71 bits per heavy atom. The van der Waals surface area contributed by atoms with Crippen molar-refractivity contribution in [3.8, 4) is 28.6 Å². The Bertz CT molecular complexity index is 1500. The van der Waals surface area contributed by atoms with Gasteiger partial charge in [0.1, 0.15) is 18.5 Å². The lowest BCUT2D eigenvalue weighted by molar-refractivity contribution is 0.288. The lowest BCUT2D eigenvalue weighted by atomic mass is 10.1. The number of benzene rings is 3. The number of aromatic hydroxyl groups is 1. The smallest absolute Gasteiger partial charge is 0.239 e. The quantitative estimate of drug-likeness (QED) is 0.338. The van der Waals surface area contributed by atoms with Crippen LogP contribution in [0.2, 0.25) is 0 Å². The Kier molecular flexibility index (Phi) is 5.33. The number of hydrogen-bond acceptors (Lipinski definition) is 5. The number of anilines is 1.